The standard InChI is InChI=1S/C13H10ClN3O3.C8H6ClF3.C2H6O/c1-15-10-6-8(14)7-16-12(10)13(18)9-4-2-3-5-11(9)17(19)20;1-5-2-3-7(9)6(4-5)8(10,11)12;1-2-3/h2-7,15H,1H3;2-4H,1H3;3H,2H2,1H3. The number of nitro groups is 1. The maximum Gasteiger partial charge on any atom is 0.417 e. The first-order valence-electron chi connectivity index (χ1n) is 9.92. The molecule has 1 heterocycles. The topological polar surface area (TPSA) is 105 Å². The Labute approximate surface area is 209 Å². The van der Waals surface area contributed by atoms with Crippen LogP contribution in [-0.4, -0.2) is 34.5 Å². The molecule has 0 spiro atoms. The van der Waals surface area contributed by atoms with Crippen LogP contribution in [0.2, 0.25) is 10.0 Å². The van der Waals surface area contributed by atoms with Crippen LogP contribution in [-0.2, 0) is 6.18 Å². The highest BCUT2D eigenvalue weighted by Gasteiger charge is 2.32. The fourth-order valence-corrected chi connectivity index (χ4v) is 3.00. The molecule has 0 bridgehead atoms. The molecule has 0 unspecified atom stereocenters. The third-order valence-corrected chi connectivity index (χ3v) is 4.65. The Bertz CT molecular complexity index is 1170. The van der Waals surface area contributed by atoms with Gasteiger partial charge in [-0.1, -0.05) is 47.0 Å². The molecule has 35 heavy (non-hydrogen) atoms. The average molecular weight is 532 g/mol. The number of aryl methyl sites for hydroxylation is 1. The molecular formula is C23H22Cl2F3N3O4. The van der Waals surface area contributed by atoms with Gasteiger partial charge in [-0.05, 0) is 38.1 Å². The number of pyridine rings is 1. The summed E-state index contributed by atoms with van der Waals surface area (Å²) in [6.45, 7) is 3.52. The van der Waals surface area contributed by atoms with Crippen molar-refractivity contribution in [3.8, 4) is 0 Å². The molecule has 3 aromatic rings. The Kier molecular flexibility index (Phi) is 11.6. The second-order valence-corrected chi connectivity index (χ2v) is 7.54. The molecule has 2 aromatic carbocycles. The third kappa shape index (κ3) is 8.82. The van der Waals surface area contributed by atoms with E-state index in [-0.39, 0.29) is 28.6 Å². The van der Waals surface area contributed by atoms with Crippen LogP contribution >= 0.6 is 23.2 Å². The van der Waals surface area contributed by atoms with E-state index in [9.17, 15) is 28.1 Å². The van der Waals surface area contributed by atoms with Crippen molar-refractivity contribution < 1.29 is 28.0 Å². The predicted octanol–water partition coefficient (Wildman–Crippen LogP) is 6.58. The van der Waals surface area contributed by atoms with Gasteiger partial charge in [0.25, 0.3) is 5.69 Å². The number of nitrogens with zero attached hydrogens (tertiary/aromatic N) is 2. The lowest BCUT2D eigenvalue weighted by Gasteiger charge is -2.08. The number of aliphatic hydroxyl groups excluding tert-OH is 1. The molecule has 1 aromatic heterocycles. The number of alkyl halides is 3. The van der Waals surface area contributed by atoms with Crippen LogP contribution in [0.5, 0.6) is 0 Å². The van der Waals surface area contributed by atoms with Crippen LogP contribution < -0.4 is 5.32 Å². The number of para-hydroxylation sites is 1. The number of rotatable bonds is 4. The van der Waals surface area contributed by atoms with Gasteiger partial charge in [0.1, 0.15) is 11.3 Å². The maximum absolute atomic E-state index is 12.4. The highest BCUT2D eigenvalue weighted by atomic mass is 35.5. The second-order valence-electron chi connectivity index (χ2n) is 6.70. The summed E-state index contributed by atoms with van der Waals surface area (Å²) in [5, 5.41) is 21.4. The number of halogens is 5. The van der Waals surface area contributed by atoms with Gasteiger partial charge in [-0.2, -0.15) is 13.2 Å². The minimum Gasteiger partial charge on any atom is -0.397 e. The van der Waals surface area contributed by atoms with Crippen LogP contribution in [0.3, 0.4) is 0 Å². The molecule has 0 saturated heterocycles. The number of nitro benzene ring substituents is 1. The van der Waals surface area contributed by atoms with Gasteiger partial charge < -0.3 is 10.4 Å². The van der Waals surface area contributed by atoms with E-state index in [2.05, 4.69) is 10.3 Å². The zero-order chi connectivity index (χ0) is 26.8. The molecule has 7 nitrogen and oxygen atoms in total. The number of hydrogen-bond donors (Lipinski definition) is 2. The fraction of sp³-hybridized carbons (Fsp3) is 0.217. The minimum atomic E-state index is -4.36. The summed E-state index contributed by atoms with van der Waals surface area (Å²) < 4.78 is 36.4. The SMILES string of the molecule is CCO.CNc1cc(Cl)cnc1C(=O)c1ccccc1[N+](=O)[O-].Cc1ccc(Cl)c(C(F)(F)F)c1. The molecule has 0 atom stereocenters. The summed E-state index contributed by atoms with van der Waals surface area (Å²) >= 11 is 11.2. The van der Waals surface area contributed by atoms with Gasteiger partial charge >= 0.3 is 6.18 Å². The van der Waals surface area contributed by atoms with Crippen molar-refractivity contribution in [2.45, 2.75) is 20.0 Å². The first-order chi connectivity index (χ1) is 16.4. The number of benzene rings is 2. The summed E-state index contributed by atoms with van der Waals surface area (Å²) in [6, 6.07) is 11.1. The summed E-state index contributed by atoms with van der Waals surface area (Å²) in [7, 11) is 1.61. The maximum atomic E-state index is 12.4. The minimum absolute atomic E-state index is 0.0103. The first-order valence-corrected chi connectivity index (χ1v) is 10.7. The average Bonchev–Trinajstić information content (AvgIpc) is 2.80. The first kappa shape index (κ1) is 29.8. The Morgan fingerprint density at radius 3 is 2.29 bits per heavy atom. The van der Waals surface area contributed by atoms with E-state index in [1.807, 2.05) is 0 Å². The molecule has 188 valence electrons. The van der Waals surface area contributed by atoms with E-state index in [0.717, 1.165) is 6.07 Å². The van der Waals surface area contributed by atoms with E-state index in [1.165, 1.54) is 42.6 Å². The lowest BCUT2D eigenvalue weighted by Crippen LogP contribution is -2.10. The van der Waals surface area contributed by atoms with Gasteiger partial charge in [-0.15, -0.1) is 0 Å². The largest absolute Gasteiger partial charge is 0.417 e. The Morgan fingerprint density at radius 2 is 1.77 bits per heavy atom. The van der Waals surface area contributed by atoms with Gasteiger partial charge in [0.15, 0.2) is 0 Å². The van der Waals surface area contributed by atoms with Crippen molar-refractivity contribution in [2.24, 2.45) is 0 Å². The van der Waals surface area contributed by atoms with Crippen LogP contribution in [0.1, 0.15) is 34.1 Å². The van der Waals surface area contributed by atoms with Crippen molar-refractivity contribution in [3.05, 3.63) is 97.3 Å². The van der Waals surface area contributed by atoms with E-state index in [4.69, 9.17) is 28.3 Å². The molecule has 3 rings (SSSR count). The van der Waals surface area contributed by atoms with Crippen molar-refractivity contribution in [1.82, 2.24) is 4.98 Å². The summed E-state index contributed by atoms with van der Waals surface area (Å²) in [5.74, 6) is -0.529. The fourth-order valence-electron chi connectivity index (χ4n) is 2.62. The van der Waals surface area contributed by atoms with Gasteiger partial charge in [0, 0.05) is 25.9 Å². The Morgan fingerprint density at radius 1 is 1.17 bits per heavy atom. The lowest BCUT2D eigenvalue weighted by atomic mass is 10.0. The number of ketones is 1. The number of aliphatic hydroxyl groups is 1. The quantitative estimate of drug-likeness (QED) is 0.223. The van der Waals surface area contributed by atoms with Crippen LogP contribution in [0.4, 0.5) is 24.5 Å². The molecule has 0 amide bonds. The van der Waals surface area contributed by atoms with E-state index < -0.39 is 22.4 Å². The second kappa shape index (κ2) is 13.6. The van der Waals surface area contributed by atoms with Gasteiger partial charge in [0.2, 0.25) is 5.78 Å². The number of nitrogens with one attached hydrogen (secondary N) is 1. The summed E-state index contributed by atoms with van der Waals surface area (Å²) in [4.78, 5) is 26.7. The molecule has 0 fully saturated rings. The number of hydrogen-bond acceptors (Lipinski definition) is 6. The summed E-state index contributed by atoms with van der Waals surface area (Å²) in [6.07, 6.45) is -3.03. The zero-order valence-corrected chi connectivity index (χ0v) is 20.4. The van der Waals surface area contributed by atoms with Crippen molar-refractivity contribution >= 4 is 40.4 Å². The molecule has 12 heteroatoms. The highest BCUT2D eigenvalue weighted by molar-refractivity contribution is 6.31. The Balaban J connectivity index is 0.000000347. The molecule has 0 saturated carbocycles. The normalized spacial score (nSPS) is 10.3. The van der Waals surface area contributed by atoms with Gasteiger partial charge in [-0.3, -0.25) is 14.9 Å². The smallest absolute Gasteiger partial charge is 0.397 e. The number of carbonyl (C=O) groups is 1. The number of carbonyl (C=O) groups excluding carboxylic acids is 1. The number of aromatic nitrogens is 1. The zero-order valence-electron chi connectivity index (χ0n) is 18.9. The number of anilines is 1. The van der Waals surface area contributed by atoms with E-state index in [1.54, 1.807) is 27.0 Å². The van der Waals surface area contributed by atoms with Crippen molar-refractivity contribution in [2.75, 3.05) is 19.0 Å². The highest BCUT2D eigenvalue weighted by Crippen LogP contribution is 2.34. The molecule has 2 N–H and O–H groups in total. The molecule has 0 aliphatic heterocycles. The van der Waals surface area contributed by atoms with Crippen LogP contribution in [0, 0.1) is 17.0 Å². The van der Waals surface area contributed by atoms with Gasteiger partial charge in [-0.25, -0.2) is 4.98 Å². The van der Waals surface area contributed by atoms with E-state index >= 15 is 0 Å². The van der Waals surface area contributed by atoms with E-state index in [0.29, 0.717) is 16.3 Å². The monoisotopic (exact) mass is 531 g/mol. The lowest BCUT2D eigenvalue weighted by molar-refractivity contribution is -0.385. The third-order valence-electron chi connectivity index (χ3n) is 4.11. The van der Waals surface area contributed by atoms with Crippen LogP contribution in [0.25, 0.3) is 0 Å². The van der Waals surface area contributed by atoms with Crippen molar-refractivity contribution in [1.29, 1.82) is 0 Å². The van der Waals surface area contributed by atoms with Crippen LogP contribution in [0.15, 0.2) is 54.7 Å². The van der Waals surface area contributed by atoms with Gasteiger partial charge in [0.05, 0.1) is 26.2 Å². The Hall–Kier alpha value is -3.21. The summed E-state index contributed by atoms with van der Waals surface area (Å²) in [5.41, 5.74) is 0.0165. The predicted molar refractivity (Wildman–Crippen MR) is 129 cm³/mol. The molecule has 0 aliphatic rings. The van der Waals surface area contributed by atoms with Crippen molar-refractivity contribution in [3.63, 3.8) is 0 Å². The molecule has 0 aliphatic carbocycles. The molecule has 0 radical (unpaired) electrons. The molecular weight excluding hydrogens is 510 g/mol.